The van der Waals surface area contributed by atoms with Crippen molar-refractivity contribution in [2.24, 2.45) is 5.41 Å². The summed E-state index contributed by atoms with van der Waals surface area (Å²) in [5, 5.41) is 0. The molecule has 0 N–H and O–H groups in total. The van der Waals surface area contributed by atoms with Gasteiger partial charge < -0.3 is 9.47 Å². The van der Waals surface area contributed by atoms with Crippen molar-refractivity contribution in [1.82, 2.24) is 4.90 Å². The number of piperidine rings is 1. The SMILES string of the molecule is CC1(C)CCCN([C@H]2CCC[C@@H]2OC2OC(=O)c3ccccc32)C1. The Morgan fingerprint density at radius 3 is 2.88 bits per heavy atom. The highest BCUT2D eigenvalue weighted by atomic mass is 16.7. The van der Waals surface area contributed by atoms with Gasteiger partial charge in [0.1, 0.15) is 0 Å². The standard InChI is InChI=1S/C20H27NO3/c1-20(2)11-6-12-21(13-20)16-9-5-10-17(16)23-19-15-8-4-3-7-14(15)18(22)24-19/h3-4,7-8,16-17,19H,5-6,9-13H2,1-2H3/t16-,17-,19?/m0/s1. The van der Waals surface area contributed by atoms with Gasteiger partial charge in [0.2, 0.25) is 6.29 Å². The maximum atomic E-state index is 12.0. The molecule has 2 heterocycles. The van der Waals surface area contributed by atoms with Crippen LogP contribution in [-0.4, -0.2) is 36.1 Å². The lowest BCUT2D eigenvalue weighted by Gasteiger charge is -2.43. The first-order chi connectivity index (χ1) is 11.5. The Morgan fingerprint density at radius 1 is 1.21 bits per heavy atom. The topological polar surface area (TPSA) is 38.8 Å². The molecular formula is C20H27NO3. The number of cyclic esters (lactones) is 1. The number of likely N-dealkylation sites (tertiary alicyclic amines) is 1. The van der Waals surface area contributed by atoms with Crippen LogP contribution in [0.4, 0.5) is 0 Å². The lowest BCUT2D eigenvalue weighted by molar-refractivity contribution is -0.152. The van der Waals surface area contributed by atoms with Crippen molar-refractivity contribution in [2.45, 2.75) is 64.4 Å². The molecule has 2 fully saturated rings. The van der Waals surface area contributed by atoms with Gasteiger partial charge in [-0.1, -0.05) is 32.0 Å². The molecule has 1 aliphatic carbocycles. The van der Waals surface area contributed by atoms with Crippen LogP contribution in [0, 0.1) is 5.41 Å². The zero-order valence-corrected chi connectivity index (χ0v) is 14.7. The minimum absolute atomic E-state index is 0.155. The molecule has 0 aromatic heterocycles. The minimum atomic E-state index is -0.530. The Kier molecular flexibility index (Phi) is 4.13. The largest absolute Gasteiger partial charge is 0.428 e. The molecule has 0 bridgehead atoms. The van der Waals surface area contributed by atoms with Gasteiger partial charge in [0, 0.05) is 18.2 Å². The van der Waals surface area contributed by atoms with E-state index in [2.05, 4.69) is 18.7 Å². The van der Waals surface area contributed by atoms with Gasteiger partial charge in [-0.05, 0) is 50.1 Å². The predicted octanol–water partition coefficient (Wildman–Crippen LogP) is 3.92. The molecule has 0 spiro atoms. The average molecular weight is 329 g/mol. The van der Waals surface area contributed by atoms with E-state index in [1.807, 2.05) is 24.3 Å². The van der Waals surface area contributed by atoms with E-state index in [0.717, 1.165) is 25.1 Å². The Bertz CT molecular complexity index is 627. The lowest BCUT2D eigenvalue weighted by Crippen LogP contribution is -2.49. The molecule has 2 aliphatic heterocycles. The Morgan fingerprint density at radius 2 is 2.04 bits per heavy atom. The molecule has 0 radical (unpaired) electrons. The summed E-state index contributed by atoms with van der Waals surface area (Å²) in [6.45, 7) is 7.02. The van der Waals surface area contributed by atoms with E-state index >= 15 is 0 Å². The van der Waals surface area contributed by atoms with E-state index < -0.39 is 6.29 Å². The summed E-state index contributed by atoms with van der Waals surface area (Å²) in [6.07, 6.45) is 5.61. The van der Waals surface area contributed by atoms with Crippen molar-refractivity contribution < 1.29 is 14.3 Å². The highest BCUT2D eigenvalue weighted by molar-refractivity contribution is 5.93. The van der Waals surface area contributed by atoms with Crippen molar-refractivity contribution in [2.75, 3.05) is 13.1 Å². The molecule has 4 heteroatoms. The quantitative estimate of drug-likeness (QED) is 0.788. The number of benzene rings is 1. The number of nitrogens with zero attached hydrogens (tertiary/aromatic N) is 1. The molecule has 1 unspecified atom stereocenters. The second-order valence-corrected chi connectivity index (χ2v) is 8.24. The molecule has 1 saturated carbocycles. The van der Waals surface area contributed by atoms with Crippen LogP contribution in [0.5, 0.6) is 0 Å². The fraction of sp³-hybridized carbons (Fsp3) is 0.650. The molecule has 3 aliphatic rings. The monoisotopic (exact) mass is 329 g/mol. The third kappa shape index (κ3) is 2.98. The van der Waals surface area contributed by atoms with Gasteiger partial charge in [-0.15, -0.1) is 0 Å². The van der Waals surface area contributed by atoms with Crippen molar-refractivity contribution >= 4 is 5.97 Å². The van der Waals surface area contributed by atoms with Crippen LogP contribution >= 0.6 is 0 Å². The summed E-state index contributed by atoms with van der Waals surface area (Å²) < 4.78 is 11.8. The first-order valence-corrected chi connectivity index (χ1v) is 9.23. The van der Waals surface area contributed by atoms with Crippen LogP contribution in [0.15, 0.2) is 24.3 Å². The summed E-state index contributed by atoms with van der Waals surface area (Å²) in [7, 11) is 0. The molecule has 4 nitrogen and oxygen atoms in total. The van der Waals surface area contributed by atoms with E-state index in [1.54, 1.807) is 0 Å². The van der Waals surface area contributed by atoms with Crippen molar-refractivity contribution in [1.29, 1.82) is 0 Å². The van der Waals surface area contributed by atoms with Crippen molar-refractivity contribution in [3.05, 3.63) is 35.4 Å². The van der Waals surface area contributed by atoms with Crippen LogP contribution in [0.2, 0.25) is 0 Å². The van der Waals surface area contributed by atoms with Crippen LogP contribution in [0.3, 0.4) is 0 Å². The van der Waals surface area contributed by atoms with E-state index in [4.69, 9.17) is 9.47 Å². The number of hydrogen-bond acceptors (Lipinski definition) is 4. The number of carbonyl (C=O) groups is 1. The van der Waals surface area contributed by atoms with Crippen LogP contribution in [0.1, 0.15) is 68.2 Å². The third-order valence-corrected chi connectivity index (χ3v) is 5.76. The normalized spacial score (nSPS) is 32.6. The molecule has 1 aromatic rings. The number of hydrogen-bond donors (Lipinski definition) is 0. The summed E-state index contributed by atoms with van der Waals surface area (Å²) in [4.78, 5) is 14.6. The zero-order chi connectivity index (χ0) is 16.7. The third-order valence-electron chi connectivity index (χ3n) is 5.76. The molecule has 4 rings (SSSR count). The molecule has 1 aromatic carbocycles. The highest BCUT2D eigenvalue weighted by Gasteiger charge is 2.41. The average Bonchev–Trinajstić information content (AvgIpc) is 3.13. The van der Waals surface area contributed by atoms with Gasteiger partial charge in [-0.3, -0.25) is 4.90 Å². The second kappa shape index (κ2) is 6.16. The van der Waals surface area contributed by atoms with Gasteiger partial charge in [-0.25, -0.2) is 4.79 Å². The number of ether oxygens (including phenoxy) is 2. The summed E-state index contributed by atoms with van der Waals surface area (Å²) in [5.41, 5.74) is 1.92. The van der Waals surface area contributed by atoms with Gasteiger partial charge in [-0.2, -0.15) is 0 Å². The number of rotatable bonds is 3. The van der Waals surface area contributed by atoms with E-state index in [9.17, 15) is 4.79 Å². The maximum absolute atomic E-state index is 12.0. The van der Waals surface area contributed by atoms with E-state index in [-0.39, 0.29) is 12.1 Å². The van der Waals surface area contributed by atoms with Crippen LogP contribution in [0.25, 0.3) is 0 Å². The smallest absolute Gasteiger partial charge is 0.341 e. The van der Waals surface area contributed by atoms with E-state index in [0.29, 0.717) is 17.0 Å². The van der Waals surface area contributed by atoms with Gasteiger partial charge in [0.05, 0.1) is 11.7 Å². The van der Waals surface area contributed by atoms with Crippen molar-refractivity contribution in [3.63, 3.8) is 0 Å². The molecule has 0 amide bonds. The van der Waals surface area contributed by atoms with Crippen molar-refractivity contribution in [3.8, 4) is 0 Å². The molecular weight excluding hydrogens is 302 g/mol. The number of esters is 1. The van der Waals surface area contributed by atoms with Gasteiger partial charge >= 0.3 is 5.97 Å². The first kappa shape index (κ1) is 16.1. The minimum Gasteiger partial charge on any atom is -0.428 e. The summed E-state index contributed by atoms with van der Waals surface area (Å²) >= 11 is 0. The number of carbonyl (C=O) groups excluding carboxylic acids is 1. The molecule has 130 valence electrons. The number of fused-ring (bicyclic) bond motifs is 1. The zero-order valence-electron chi connectivity index (χ0n) is 14.7. The summed E-state index contributed by atoms with van der Waals surface area (Å²) in [6, 6.07) is 8.03. The second-order valence-electron chi connectivity index (χ2n) is 8.24. The van der Waals surface area contributed by atoms with Gasteiger partial charge in [0.15, 0.2) is 0 Å². The highest BCUT2D eigenvalue weighted by Crippen LogP contribution is 2.39. The Balaban J connectivity index is 1.48. The van der Waals surface area contributed by atoms with Crippen LogP contribution in [-0.2, 0) is 9.47 Å². The van der Waals surface area contributed by atoms with Crippen LogP contribution < -0.4 is 0 Å². The lowest BCUT2D eigenvalue weighted by atomic mass is 9.83. The Hall–Kier alpha value is -1.39. The summed E-state index contributed by atoms with van der Waals surface area (Å²) in [5.74, 6) is -0.260. The van der Waals surface area contributed by atoms with Gasteiger partial charge in [0.25, 0.3) is 0 Å². The first-order valence-electron chi connectivity index (χ1n) is 9.23. The molecule has 3 atom stereocenters. The fourth-order valence-electron chi connectivity index (χ4n) is 4.61. The predicted molar refractivity (Wildman–Crippen MR) is 91.7 cm³/mol. The molecule has 1 saturated heterocycles. The fourth-order valence-corrected chi connectivity index (χ4v) is 4.61. The van der Waals surface area contributed by atoms with E-state index in [1.165, 1.54) is 25.7 Å². The molecule has 24 heavy (non-hydrogen) atoms. The maximum Gasteiger partial charge on any atom is 0.341 e. The Labute approximate surface area is 144 Å².